The lowest BCUT2D eigenvalue weighted by Crippen LogP contribution is -2.23. The molecule has 7 heteroatoms. The van der Waals surface area contributed by atoms with E-state index in [1.165, 1.54) is 12.1 Å². The first-order chi connectivity index (χ1) is 11.9. The summed E-state index contributed by atoms with van der Waals surface area (Å²) in [7, 11) is 3.85. The molecule has 0 aliphatic heterocycles. The van der Waals surface area contributed by atoms with Crippen LogP contribution in [0.25, 0.3) is 0 Å². The topological polar surface area (TPSA) is 75.5 Å². The van der Waals surface area contributed by atoms with Gasteiger partial charge in [0.25, 0.3) is 11.6 Å². The molecule has 0 saturated carbocycles. The van der Waals surface area contributed by atoms with Crippen LogP contribution in [0.4, 0.5) is 11.4 Å². The van der Waals surface area contributed by atoms with Gasteiger partial charge in [-0.1, -0.05) is 35.6 Å². The summed E-state index contributed by atoms with van der Waals surface area (Å²) in [6.07, 6.45) is 0. The summed E-state index contributed by atoms with van der Waals surface area (Å²) < 4.78 is 0. The van der Waals surface area contributed by atoms with Crippen molar-refractivity contribution < 1.29 is 9.72 Å². The number of halogens is 1. The largest absolute Gasteiger partial charge is 0.377 e. The Hall–Kier alpha value is -3.04. The molecule has 25 heavy (non-hydrogen) atoms. The summed E-state index contributed by atoms with van der Waals surface area (Å²) in [5.41, 5.74) is 1.69. The van der Waals surface area contributed by atoms with Crippen LogP contribution >= 0.6 is 11.6 Å². The van der Waals surface area contributed by atoms with Gasteiger partial charge in [0.15, 0.2) is 0 Å². The first-order valence-corrected chi connectivity index (χ1v) is 7.75. The molecular weight excluding hydrogens is 342 g/mol. The summed E-state index contributed by atoms with van der Waals surface area (Å²) in [4.78, 5) is 24.3. The lowest BCUT2D eigenvalue weighted by molar-refractivity contribution is -0.384. The Balaban J connectivity index is 2.05. The molecule has 1 amide bonds. The van der Waals surface area contributed by atoms with E-state index < -0.39 is 10.8 Å². The Morgan fingerprint density at radius 2 is 2.00 bits per heavy atom. The number of hydrogen-bond acceptors (Lipinski definition) is 4. The zero-order chi connectivity index (χ0) is 18.4. The van der Waals surface area contributed by atoms with E-state index in [2.05, 4.69) is 17.2 Å². The number of hydrogen-bond donors (Lipinski definition) is 1. The molecule has 0 radical (unpaired) electrons. The van der Waals surface area contributed by atoms with Crippen molar-refractivity contribution in [3.63, 3.8) is 0 Å². The van der Waals surface area contributed by atoms with Crippen molar-refractivity contribution in [1.82, 2.24) is 5.32 Å². The second kappa shape index (κ2) is 8.18. The average molecular weight is 358 g/mol. The number of nitrogens with one attached hydrogen (secondary N) is 1. The lowest BCUT2D eigenvalue weighted by Gasteiger charge is -2.13. The van der Waals surface area contributed by atoms with Crippen LogP contribution in [0.15, 0.2) is 42.5 Å². The molecule has 0 aromatic heterocycles. The molecule has 2 aromatic rings. The Labute approximate surface area is 150 Å². The molecule has 0 heterocycles. The molecule has 0 unspecified atom stereocenters. The van der Waals surface area contributed by atoms with Crippen LogP contribution < -0.4 is 10.2 Å². The number of para-hydroxylation sites is 1. The van der Waals surface area contributed by atoms with Crippen molar-refractivity contribution in [1.29, 1.82) is 0 Å². The van der Waals surface area contributed by atoms with Crippen LogP contribution in [-0.4, -0.2) is 31.5 Å². The summed E-state index contributed by atoms with van der Waals surface area (Å²) in [5.74, 6) is 5.43. The van der Waals surface area contributed by atoms with E-state index in [9.17, 15) is 14.9 Å². The average Bonchev–Trinajstić information content (AvgIpc) is 2.58. The second-order valence-electron chi connectivity index (χ2n) is 5.32. The van der Waals surface area contributed by atoms with E-state index in [1.54, 1.807) is 0 Å². The van der Waals surface area contributed by atoms with Crippen molar-refractivity contribution in [2.75, 3.05) is 25.5 Å². The normalized spacial score (nSPS) is 9.72. The van der Waals surface area contributed by atoms with Crippen LogP contribution in [-0.2, 0) is 0 Å². The maximum Gasteiger partial charge on any atom is 0.288 e. The first-order valence-electron chi connectivity index (χ1n) is 7.37. The third-order valence-electron chi connectivity index (χ3n) is 3.35. The SMILES string of the molecule is CN(C)c1ccccc1C#CCNC(=O)c1ccc(Cl)c([N+](=O)[O-])c1. The summed E-state index contributed by atoms with van der Waals surface area (Å²) in [5, 5.41) is 13.5. The molecule has 128 valence electrons. The van der Waals surface area contributed by atoms with E-state index in [0.717, 1.165) is 17.3 Å². The van der Waals surface area contributed by atoms with Gasteiger partial charge >= 0.3 is 0 Å². The van der Waals surface area contributed by atoms with Crippen molar-refractivity contribution in [3.05, 3.63) is 68.7 Å². The highest BCUT2D eigenvalue weighted by molar-refractivity contribution is 6.32. The molecule has 0 fully saturated rings. The molecule has 2 rings (SSSR count). The van der Waals surface area contributed by atoms with E-state index in [1.807, 2.05) is 43.3 Å². The van der Waals surface area contributed by atoms with Gasteiger partial charge in [-0.05, 0) is 24.3 Å². The third-order valence-corrected chi connectivity index (χ3v) is 3.67. The molecule has 0 spiro atoms. The molecule has 0 saturated heterocycles. The van der Waals surface area contributed by atoms with Gasteiger partial charge < -0.3 is 10.2 Å². The first kappa shape index (κ1) is 18.3. The highest BCUT2D eigenvalue weighted by Crippen LogP contribution is 2.24. The number of carbonyl (C=O) groups is 1. The number of benzene rings is 2. The van der Waals surface area contributed by atoms with Gasteiger partial charge in [-0.25, -0.2) is 0 Å². The van der Waals surface area contributed by atoms with E-state index >= 15 is 0 Å². The van der Waals surface area contributed by atoms with Crippen molar-refractivity contribution >= 4 is 28.9 Å². The molecule has 1 N–H and O–H groups in total. The van der Waals surface area contributed by atoms with Gasteiger partial charge in [0.1, 0.15) is 5.02 Å². The molecule has 0 aliphatic carbocycles. The Kier molecular flexibility index (Phi) is 5.98. The zero-order valence-corrected chi connectivity index (χ0v) is 14.5. The van der Waals surface area contributed by atoms with E-state index in [4.69, 9.17) is 11.6 Å². The zero-order valence-electron chi connectivity index (χ0n) is 13.7. The molecular formula is C18H16ClN3O3. The lowest BCUT2D eigenvalue weighted by atomic mass is 10.1. The minimum absolute atomic E-state index is 0.0124. The number of anilines is 1. The van der Waals surface area contributed by atoms with Crippen LogP contribution in [0.2, 0.25) is 5.02 Å². The fourth-order valence-electron chi connectivity index (χ4n) is 2.13. The van der Waals surface area contributed by atoms with E-state index in [0.29, 0.717) is 0 Å². The summed E-state index contributed by atoms with van der Waals surface area (Å²) >= 11 is 5.73. The number of amides is 1. The minimum Gasteiger partial charge on any atom is -0.377 e. The highest BCUT2D eigenvalue weighted by atomic mass is 35.5. The third kappa shape index (κ3) is 4.72. The fourth-order valence-corrected chi connectivity index (χ4v) is 2.32. The number of nitro groups is 1. The summed E-state index contributed by atoms with van der Waals surface area (Å²) in [6, 6.07) is 11.6. The molecule has 0 bridgehead atoms. The van der Waals surface area contributed by atoms with Crippen LogP contribution in [0, 0.1) is 22.0 Å². The van der Waals surface area contributed by atoms with Gasteiger partial charge in [-0.15, -0.1) is 0 Å². The molecule has 2 aromatic carbocycles. The Morgan fingerprint density at radius 1 is 1.28 bits per heavy atom. The fraction of sp³-hybridized carbons (Fsp3) is 0.167. The van der Waals surface area contributed by atoms with Crippen molar-refractivity contribution in [3.8, 4) is 11.8 Å². The van der Waals surface area contributed by atoms with Crippen LogP contribution in [0.1, 0.15) is 15.9 Å². The standard InChI is InChI=1S/C18H16ClN3O3/c1-21(2)16-8-4-3-6-13(16)7-5-11-20-18(23)14-9-10-15(19)17(12-14)22(24)25/h3-4,6,8-10,12H,11H2,1-2H3,(H,20,23). The number of rotatable bonds is 4. The Morgan fingerprint density at radius 3 is 2.68 bits per heavy atom. The van der Waals surface area contributed by atoms with Crippen molar-refractivity contribution in [2.45, 2.75) is 0 Å². The van der Waals surface area contributed by atoms with Gasteiger partial charge in [-0.3, -0.25) is 14.9 Å². The Bertz CT molecular complexity index is 869. The highest BCUT2D eigenvalue weighted by Gasteiger charge is 2.15. The minimum atomic E-state index is -0.628. The maximum atomic E-state index is 12.1. The molecule has 6 nitrogen and oxygen atoms in total. The monoisotopic (exact) mass is 357 g/mol. The van der Waals surface area contributed by atoms with E-state index in [-0.39, 0.29) is 22.8 Å². The summed E-state index contributed by atoms with van der Waals surface area (Å²) in [6.45, 7) is 0.122. The maximum absolute atomic E-state index is 12.1. The van der Waals surface area contributed by atoms with Gasteiger partial charge in [-0.2, -0.15) is 0 Å². The molecule has 0 atom stereocenters. The number of carbonyl (C=O) groups excluding carboxylic acids is 1. The van der Waals surface area contributed by atoms with Crippen LogP contribution in [0.5, 0.6) is 0 Å². The number of nitro benzene ring substituents is 1. The van der Waals surface area contributed by atoms with Gasteiger partial charge in [0.05, 0.1) is 17.2 Å². The number of nitrogens with zero attached hydrogens (tertiary/aromatic N) is 2. The predicted octanol–water partition coefficient (Wildman–Crippen LogP) is 3.10. The predicted molar refractivity (Wildman–Crippen MR) is 98.1 cm³/mol. The van der Waals surface area contributed by atoms with Crippen molar-refractivity contribution in [2.24, 2.45) is 0 Å². The smallest absolute Gasteiger partial charge is 0.288 e. The quantitative estimate of drug-likeness (QED) is 0.518. The van der Waals surface area contributed by atoms with Crippen LogP contribution in [0.3, 0.4) is 0 Å². The molecule has 0 aliphatic rings. The second-order valence-corrected chi connectivity index (χ2v) is 5.73. The van der Waals surface area contributed by atoms with Gasteiger partial charge in [0.2, 0.25) is 0 Å². The van der Waals surface area contributed by atoms with Gasteiger partial charge in [0, 0.05) is 31.3 Å².